The zero-order valence-corrected chi connectivity index (χ0v) is 13.4. The minimum Gasteiger partial charge on any atom is -0.370 e. The van der Waals surface area contributed by atoms with Crippen LogP contribution in [0.15, 0.2) is 58.4 Å². The topological polar surface area (TPSA) is 103 Å². The number of carbonyl (C=O) groups is 1. The molecule has 7 heteroatoms. The number of amides is 1. The molecule has 2 aromatic carbocycles. The Kier molecular flexibility index (Phi) is 4.06. The number of hydrogen-bond acceptors (Lipinski definition) is 2. The van der Waals surface area contributed by atoms with E-state index in [2.05, 4.69) is 4.99 Å². The van der Waals surface area contributed by atoms with Crippen molar-refractivity contribution in [3.05, 3.63) is 76.0 Å². The SMILES string of the molecule is Cc1ccc2c(=O)n(-c3ccc(F)cc3)cc(C(=O)N=C(N)N)c2c1. The maximum Gasteiger partial charge on any atom is 0.282 e. The third kappa shape index (κ3) is 3.12. The van der Waals surface area contributed by atoms with E-state index in [-0.39, 0.29) is 17.1 Å². The van der Waals surface area contributed by atoms with Crippen LogP contribution in [-0.4, -0.2) is 16.4 Å². The van der Waals surface area contributed by atoms with E-state index in [0.717, 1.165) is 5.56 Å². The first-order valence-corrected chi connectivity index (χ1v) is 7.43. The monoisotopic (exact) mass is 338 g/mol. The Bertz CT molecular complexity index is 1060. The lowest BCUT2D eigenvalue weighted by atomic mass is 10.0. The number of pyridine rings is 1. The molecule has 4 N–H and O–H groups in total. The molecule has 0 saturated carbocycles. The predicted molar refractivity (Wildman–Crippen MR) is 94.4 cm³/mol. The second kappa shape index (κ2) is 6.20. The van der Waals surface area contributed by atoms with Crippen LogP contribution in [-0.2, 0) is 0 Å². The van der Waals surface area contributed by atoms with Crippen LogP contribution in [0, 0.1) is 12.7 Å². The molecule has 0 aliphatic heterocycles. The highest BCUT2D eigenvalue weighted by Crippen LogP contribution is 2.20. The quantitative estimate of drug-likeness (QED) is 0.550. The summed E-state index contributed by atoms with van der Waals surface area (Å²) in [6, 6.07) is 10.5. The molecule has 0 radical (unpaired) electrons. The summed E-state index contributed by atoms with van der Waals surface area (Å²) in [4.78, 5) is 28.8. The van der Waals surface area contributed by atoms with Gasteiger partial charge in [-0.25, -0.2) is 4.39 Å². The molecule has 0 bridgehead atoms. The van der Waals surface area contributed by atoms with E-state index in [1.807, 2.05) is 6.92 Å². The molecule has 6 nitrogen and oxygen atoms in total. The summed E-state index contributed by atoms with van der Waals surface area (Å²) in [6.07, 6.45) is 1.37. The molecule has 1 amide bonds. The number of aryl methyl sites for hydroxylation is 1. The van der Waals surface area contributed by atoms with Gasteiger partial charge in [-0.1, -0.05) is 17.7 Å². The smallest absolute Gasteiger partial charge is 0.282 e. The predicted octanol–water partition coefficient (Wildman–Crippen LogP) is 1.85. The summed E-state index contributed by atoms with van der Waals surface area (Å²) in [5, 5.41) is 0.796. The summed E-state index contributed by atoms with van der Waals surface area (Å²) < 4.78 is 14.4. The molecule has 25 heavy (non-hydrogen) atoms. The van der Waals surface area contributed by atoms with Crippen LogP contribution in [0.5, 0.6) is 0 Å². The van der Waals surface area contributed by atoms with Gasteiger partial charge in [0, 0.05) is 22.7 Å². The molecule has 0 aliphatic rings. The highest BCUT2D eigenvalue weighted by Gasteiger charge is 2.16. The van der Waals surface area contributed by atoms with Gasteiger partial charge in [-0.05, 0) is 37.3 Å². The van der Waals surface area contributed by atoms with Gasteiger partial charge in [0.1, 0.15) is 5.82 Å². The number of guanidine groups is 1. The molecular weight excluding hydrogens is 323 g/mol. The van der Waals surface area contributed by atoms with Crippen LogP contribution >= 0.6 is 0 Å². The van der Waals surface area contributed by atoms with Crippen molar-refractivity contribution < 1.29 is 9.18 Å². The van der Waals surface area contributed by atoms with Crippen LogP contribution in [0.25, 0.3) is 16.5 Å². The van der Waals surface area contributed by atoms with Crippen molar-refractivity contribution in [2.24, 2.45) is 16.5 Å². The molecule has 126 valence electrons. The van der Waals surface area contributed by atoms with E-state index in [1.165, 1.54) is 35.0 Å². The summed E-state index contributed by atoms with van der Waals surface area (Å²) in [7, 11) is 0. The van der Waals surface area contributed by atoms with E-state index >= 15 is 0 Å². The van der Waals surface area contributed by atoms with Gasteiger partial charge in [0.25, 0.3) is 11.5 Å². The first-order valence-electron chi connectivity index (χ1n) is 7.43. The number of fused-ring (bicyclic) bond motifs is 1. The average molecular weight is 338 g/mol. The minimum atomic E-state index is -0.661. The number of benzene rings is 2. The number of hydrogen-bond donors (Lipinski definition) is 2. The molecule has 1 aromatic heterocycles. The second-order valence-corrected chi connectivity index (χ2v) is 5.59. The number of aliphatic imine (C=N–C) groups is 1. The van der Waals surface area contributed by atoms with Crippen LogP contribution in [0.3, 0.4) is 0 Å². The molecule has 0 fully saturated rings. The number of carbonyl (C=O) groups excluding carboxylic acids is 1. The number of halogens is 1. The lowest BCUT2D eigenvalue weighted by Crippen LogP contribution is -2.25. The molecule has 0 saturated heterocycles. The van der Waals surface area contributed by atoms with Crippen molar-refractivity contribution in [2.75, 3.05) is 0 Å². The zero-order chi connectivity index (χ0) is 18.1. The molecular formula is C18H15FN4O2. The van der Waals surface area contributed by atoms with Crippen molar-refractivity contribution in [1.29, 1.82) is 0 Å². The van der Waals surface area contributed by atoms with Gasteiger partial charge in [-0.2, -0.15) is 4.99 Å². The maximum atomic E-state index is 13.2. The van der Waals surface area contributed by atoms with Gasteiger partial charge in [-0.15, -0.1) is 0 Å². The number of nitrogens with zero attached hydrogens (tertiary/aromatic N) is 2. The Morgan fingerprint density at radius 2 is 1.76 bits per heavy atom. The molecule has 1 heterocycles. The zero-order valence-electron chi connectivity index (χ0n) is 13.4. The van der Waals surface area contributed by atoms with E-state index in [4.69, 9.17) is 11.5 Å². The normalized spacial score (nSPS) is 10.6. The third-order valence-electron chi connectivity index (χ3n) is 3.74. The molecule has 0 unspecified atom stereocenters. The first-order chi connectivity index (χ1) is 11.9. The van der Waals surface area contributed by atoms with Crippen LogP contribution in [0.4, 0.5) is 4.39 Å². The Labute approximate surface area is 142 Å². The van der Waals surface area contributed by atoms with Gasteiger partial charge in [-0.3, -0.25) is 14.2 Å². The Morgan fingerprint density at radius 3 is 2.40 bits per heavy atom. The minimum absolute atomic E-state index is 0.177. The van der Waals surface area contributed by atoms with E-state index in [0.29, 0.717) is 16.5 Å². The first kappa shape index (κ1) is 16.4. The summed E-state index contributed by atoms with van der Waals surface area (Å²) in [5.41, 5.74) is 11.7. The lowest BCUT2D eigenvalue weighted by molar-refractivity contribution is 0.100. The summed E-state index contributed by atoms with van der Waals surface area (Å²) in [6.45, 7) is 1.85. The largest absolute Gasteiger partial charge is 0.370 e. The second-order valence-electron chi connectivity index (χ2n) is 5.59. The highest BCUT2D eigenvalue weighted by atomic mass is 19.1. The summed E-state index contributed by atoms with van der Waals surface area (Å²) >= 11 is 0. The molecule has 0 aliphatic carbocycles. The fourth-order valence-electron chi connectivity index (χ4n) is 2.60. The van der Waals surface area contributed by atoms with Crippen LogP contribution < -0.4 is 17.0 Å². The molecule has 0 atom stereocenters. The van der Waals surface area contributed by atoms with Crippen molar-refractivity contribution in [2.45, 2.75) is 6.92 Å². The van der Waals surface area contributed by atoms with Crippen LogP contribution in [0.2, 0.25) is 0 Å². The average Bonchev–Trinajstić information content (AvgIpc) is 2.55. The number of aromatic nitrogens is 1. The van der Waals surface area contributed by atoms with Gasteiger partial charge < -0.3 is 11.5 Å². The Balaban J connectivity index is 2.36. The lowest BCUT2D eigenvalue weighted by Gasteiger charge is -2.11. The van der Waals surface area contributed by atoms with Crippen LogP contribution in [0.1, 0.15) is 15.9 Å². The highest BCUT2D eigenvalue weighted by molar-refractivity contribution is 6.10. The van der Waals surface area contributed by atoms with Crippen molar-refractivity contribution in [3.8, 4) is 5.69 Å². The maximum absolute atomic E-state index is 13.2. The standard InChI is InChI=1S/C18H15FN4O2/c1-10-2-7-13-14(8-10)15(16(24)22-18(20)21)9-23(17(13)25)12-5-3-11(19)4-6-12/h2-9H,1H3,(H4,20,21,22,24). The molecule has 0 spiro atoms. The number of rotatable bonds is 2. The van der Waals surface area contributed by atoms with Gasteiger partial charge in [0.05, 0.1) is 5.56 Å². The number of nitrogens with two attached hydrogens (primary N) is 2. The Hall–Kier alpha value is -3.48. The van der Waals surface area contributed by atoms with Gasteiger partial charge in [0.15, 0.2) is 5.96 Å². The third-order valence-corrected chi connectivity index (χ3v) is 3.74. The van der Waals surface area contributed by atoms with Gasteiger partial charge in [0.2, 0.25) is 0 Å². The fraction of sp³-hybridized carbons (Fsp3) is 0.0556. The fourth-order valence-corrected chi connectivity index (χ4v) is 2.60. The van der Waals surface area contributed by atoms with E-state index in [1.54, 1.807) is 18.2 Å². The van der Waals surface area contributed by atoms with Gasteiger partial charge >= 0.3 is 0 Å². The van der Waals surface area contributed by atoms with Crippen molar-refractivity contribution in [3.63, 3.8) is 0 Å². The molecule has 3 rings (SSSR count). The van der Waals surface area contributed by atoms with E-state index in [9.17, 15) is 14.0 Å². The van der Waals surface area contributed by atoms with Crippen molar-refractivity contribution >= 4 is 22.6 Å². The molecule has 3 aromatic rings. The van der Waals surface area contributed by atoms with E-state index < -0.39 is 11.7 Å². The summed E-state index contributed by atoms with van der Waals surface area (Å²) in [5.74, 6) is -1.46. The Morgan fingerprint density at radius 1 is 1.08 bits per heavy atom. The van der Waals surface area contributed by atoms with Crippen molar-refractivity contribution in [1.82, 2.24) is 4.57 Å².